The van der Waals surface area contributed by atoms with Gasteiger partial charge in [-0.3, -0.25) is 9.10 Å². The van der Waals surface area contributed by atoms with Crippen molar-refractivity contribution in [2.24, 2.45) is 0 Å². The van der Waals surface area contributed by atoms with E-state index in [1.807, 2.05) is 0 Å². The maximum atomic E-state index is 13.5. The summed E-state index contributed by atoms with van der Waals surface area (Å²) in [5.74, 6) is -2.80. The molecule has 0 saturated heterocycles. The average Bonchev–Trinajstić information content (AvgIpc) is 2.56. The zero-order chi connectivity index (χ0) is 18.8. The van der Waals surface area contributed by atoms with Gasteiger partial charge >= 0.3 is 0 Å². The van der Waals surface area contributed by atoms with Crippen LogP contribution in [-0.4, -0.2) is 33.7 Å². The van der Waals surface area contributed by atoms with Crippen LogP contribution in [0, 0.1) is 11.6 Å². The van der Waals surface area contributed by atoms with E-state index in [2.05, 4.69) is 0 Å². The van der Waals surface area contributed by atoms with Crippen molar-refractivity contribution in [3.05, 3.63) is 60.2 Å². The van der Waals surface area contributed by atoms with Crippen LogP contribution in [0.4, 0.5) is 20.2 Å². The van der Waals surface area contributed by atoms with Crippen molar-refractivity contribution >= 4 is 27.3 Å². The van der Waals surface area contributed by atoms with Crippen molar-refractivity contribution in [3.63, 3.8) is 0 Å². The van der Waals surface area contributed by atoms with Crippen molar-refractivity contribution in [1.82, 2.24) is 0 Å². The number of para-hydroxylation sites is 1. The van der Waals surface area contributed by atoms with Crippen LogP contribution in [0.3, 0.4) is 0 Å². The Balaban J connectivity index is 2.41. The number of carbonyl (C=O) groups excluding carboxylic acids is 1. The highest BCUT2D eigenvalue weighted by atomic mass is 32.2. The minimum absolute atomic E-state index is 0.122. The number of carbonyl (C=O) groups is 1. The molecule has 0 spiro atoms. The summed E-state index contributed by atoms with van der Waals surface area (Å²) >= 11 is 0. The molecule has 0 saturated carbocycles. The lowest BCUT2D eigenvalue weighted by Crippen LogP contribution is -2.48. The van der Waals surface area contributed by atoms with Gasteiger partial charge in [-0.05, 0) is 31.2 Å². The van der Waals surface area contributed by atoms with E-state index in [1.54, 1.807) is 30.3 Å². The highest BCUT2D eigenvalue weighted by Crippen LogP contribution is 2.24. The third-order valence-corrected chi connectivity index (χ3v) is 4.94. The maximum absolute atomic E-state index is 13.5. The van der Waals surface area contributed by atoms with Crippen LogP contribution >= 0.6 is 0 Å². The summed E-state index contributed by atoms with van der Waals surface area (Å²) in [7, 11) is -2.40. The van der Waals surface area contributed by atoms with E-state index in [4.69, 9.17) is 0 Å². The van der Waals surface area contributed by atoms with Gasteiger partial charge in [0, 0.05) is 18.8 Å². The first-order chi connectivity index (χ1) is 11.6. The minimum atomic E-state index is -3.91. The Morgan fingerprint density at radius 2 is 1.60 bits per heavy atom. The standard InChI is InChI=1S/C17H18F2N2O3S/c1-12(17(22)20(2)13-7-5-4-6-8-13)21(25(3,23)24)14-9-10-15(18)16(19)11-14/h4-12H,1-3H3. The summed E-state index contributed by atoms with van der Waals surface area (Å²) in [6.07, 6.45) is 0.903. The normalized spacial score (nSPS) is 12.5. The molecule has 8 heteroatoms. The molecule has 134 valence electrons. The first-order valence-electron chi connectivity index (χ1n) is 7.40. The van der Waals surface area contributed by atoms with E-state index < -0.39 is 33.6 Å². The van der Waals surface area contributed by atoms with E-state index in [-0.39, 0.29) is 5.69 Å². The average molecular weight is 368 g/mol. The lowest BCUT2D eigenvalue weighted by atomic mass is 10.2. The van der Waals surface area contributed by atoms with Crippen LogP contribution in [0.1, 0.15) is 6.92 Å². The van der Waals surface area contributed by atoms with E-state index in [0.717, 1.165) is 28.8 Å². The van der Waals surface area contributed by atoms with Gasteiger partial charge in [0.15, 0.2) is 11.6 Å². The third kappa shape index (κ3) is 4.14. The van der Waals surface area contributed by atoms with Crippen molar-refractivity contribution < 1.29 is 22.0 Å². The molecule has 0 N–H and O–H groups in total. The fourth-order valence-electron chi connectivity index (χ4n) is 2.48. The predicted molar refractivity (Wildman–Crippen MR) is 93.0 cm³/mol. The number of nitrogens with zero attached hydrogens (tertiary/aromatic N) is 2. The van der Waals surface area contributed by atoms with Crippen LogP contribution < -0.4 is 9.21 Å². The fourth-order valence-corrected chi connectivity index (χ4v) is 3.64. The van der Waals surface area contributed by atoms with Gasteiger partial charge in [0.2, 0.25) is 15.9 Å². The molecule has 0 radical (unpaired) electrons. The number of likely N-dealkylation sites (N-methyl/N-ethyl adjacent to an activating group) is 1. The van der Waals surface area contributed by atoms with E-state index >= 15 is 0 Å². The van der Waals surface area contributed by atoms with Crippen LogP contribution in [-0.2, 0) is 14.8 Å². The second kappa shape index (κ2) is 7.18. The molecule has 2 aromatic carbocycles. The largest absolute Gasteiger partial charge is 0.314 e. The second-order valence-electron chi connectivity index (χ2n) is 5.57. The Morgan fingerprint density at radius 3 is 2.12 bits per heavy atom. The molecule has 5 nitrogen and oxygen atoms in total. The molecular formula is C17H18F2N2O3S. The number of rotatable bonds is 5. The summed E-state index contributed by atoms with van der Waals surface area (Å²) in [6, 6.07) is 10.2. The first kappa shape index (κ1) is 18.9. The van der Waals surface area contributed by atoms with Crippen molar-refractivity contribution in [3.8, 4) is 0 Å². The summed E-state index contributed by atoms with van der Waals surface area (Å²) < 4.78 is 51.8. The molecule has 2 rings (SSSR count). The molecule has 0 aromatic heterocycles. The molecule has 1 unspecified atom stereocenters. The SMILES string of the molecule is CC(C(=O)N(C)c1ccccc1)N(c1ccc(F)c(F)c1)S(C)(=O)=O. The highest BCUT2D eigenvalue weighted by Gasteiger charge is 2.31. The first-order valence-corrected chi connectivity index (χ1v) is 9.25. The van der Waals surface area contributed by atoms with Gasteiger partial charge in [0.25, 0.3) is 0 Å². The summed E-state index contributed by atoms with van der Waals surface area (Å²) in [4.78, 5) is 14.0. The number of hydrogen-bond donors (Lipinski definition) is 0. The smallest absolute Gasteiger partial charge is 0.250 e. The topological polar surface area (TPSA) is 57.7 Å². The number of benzene rings is 2. The van der Waals surface area contributed by atoms with Gasteiger partial charge in [0.1, 0.15) is 6.04 Å². The van der Waals surface area contributed by atoms with Gasteiger partial charge in [-0.1, -0.05) is 18.2 Å². The number of hydrogen-bond acceptors (Lipinski definition) is 3. The Morgan fingerprint density at radius 1 is 1.00 bits per heavy atom. The zero-order valence-corrected chi connectivity index (χ0v) is 14.8. The number of amides is 1. The van der Waals surface area contributed by atoms with Crippen molar-refractivity contribution in [2.45, 2.75) is 13.0 Å². The Bertz CT molecular complexity index is 873. The quantitative estimate of drug-likeness (QED) is 0.815. The number of halogens is 2. The molecule has 0 aliphatic heterocycles. The molecule has 25 heavy (non-hydrogen) atoms. The molecular weight excluding hydrogens is 350 g/mol. The zero-order valence-electron chi connectivity index (χ0n) is 14.0. The highest BCUT2D eigenvalue weighted by molar-refractivity contribution is 7.92. The summed E-state index contributed by atoms with van der Waals surface area (Å²) in [5, 5.41) is 0. The van der Waals surface area contributed by atoms with Crippen LogP contribution in [0.2, 0.25) is 0 Å². The van der Waals surface area contributed by atoms with E-state index in [0.29, 0.717) is 5.69 Å². The Hall–Kier alpha value is -2.48. The molecule has 0 aliphatic rings. The number of sulfonamides is 1. The molecule has 1 atom stereocenters. The second-order valence-corrected chi connectivity index (χ2v) is 7.43. The van der Waals surface area contributed by atoms with Gasteiger partial charge in [-0.15, -0.1) is 0 Å². The van der Waals surface area contributed by atoms with Crippen molar-refractivity contribution in [1.29, 1.82) is 0 Å². The van der Waals surface area contributed by atoms with Crippen LogP contribution in [0.15, 0.2) is 48.5 Å². The van der Waals surface area contributed by atoms with Gasteiger partial charge in [-0.25, -0.2) is 17.2 Å². The Kier molecular flexibility index (Phi) is 5.42. The molecule has 2 aromatic rings. The van der Waals surface area contributed by atoms with E-state index in [9.17, 15) is 22.0 Å². The fraction of sp³-hybridized carbons (Fsp3) is 0.235. The minimum Gasteiger partial charge on any atom is -0.314 e. The van der Waals surface area contributed by atoms with Crippen molar-refractivity contribution in [2.75, 3.05) is 22.5 Å². The molecule has 0 heterocycles. The summed E-state index contributed by atoms with van der Waals surface area (Å²) in [5.41, 5.74) is 0.460. The monoisotopic (exact) mass is 368 g/mol. The number of anilines is 2. The maximum Gasteiger partial charge on any atom is 0.250 e. The molecule has 0 fully saturated rings. The Labute approximate surface area is 145 Å². The van der Waals surface area contributed by atoms with Gasteiger partial charge < -0.3 is 4.90 Å². The van der Waals surface area contributed by atoms with Crippen LogP contribution in [0.25, 0.3) is 0 Å². The van der Waals surface area contributed by atoms with E-state index in [1.165, 1.54) is 18.9 Å². The predicted octanol–water partition coefficient (Wildman–Crippen LogP) is 2.78. The third-order valence-electron chi connectivity index (χ3n) is 3.70. The van der Waals surface area contributed by atoms with Crippen LogP contribution in [0.5, 0.6) is 0 Å². The lowest BCUT2D eigenvalue weighted by Gasteiger charge is -2.31. The molecule has 0 aliphatic carbocycles. The molecule has 1 amide bonds. The van der Waals surface area contributed by atoms with Gasteiger partial charge in [0.05, 0.1) is 11.9 Å². The summed E-state index contributed by atoms with van der Waals surface area (Å²) in [6.45, 7) is 1.39. The van der Waals surface area contributed by atoms with Gasteiger partial charge in [-0.2, -0.15) is 0 Å². The molecule has 0 bridgehead atoms. The lowest BCUT2D eigenvalue weighted by molar-refractivity contribution is -0.119.